The van der Waals surface area contributed by atoms with Gasteiger partial charge in [-0.25, -0.2) is 0 Å². The summed E-state index contributed by atoms with van der Waals surface area (Å²) < 4.78 is 5.34. The largest absolute Gasteiger partial charge is 0.359 e. The van der Waals surface area contributed by atoms with E-state index in [0.29, 0.717) is 12.5 Å². The van der Waals surface area contributed by atoms with Crippen molar-refractivity contribution < 1.29 is 9.32 Å². The lowest BCUT2D eigenvalue weighted by molar-refractivity contribution is -0.133. The maximum Gasteiger partial charge on any atom is 0.224 e. The molecular formula is C14H22ClN3O2. The molecule has 1 amide bonds. The van der Waals surface area contributed by atoms with Gasteiger partial charge in [-0.2, -0.15) is 0 Å². The van der Waals surface area contributed by atoms with Crippen molar-refractivity contribution in [2.75, 3.05) is 13.1 Å². The molecule has 20 heavy (non-hydrogen) atoms. The molecule has 2 saturated heterocycles. The van der Waals surface area contributed by atoms with E-state index in [-0.39, 0.29) is 24.4 Å². The highest BCUT2D eigenvalue weighted by molar-refractivity contribution is 5.85. The number of carbonyl (C=O) groups excluding carboxylic acids is 1. The van der Waals surface area contributed by atoms with Gasteiger partial charge < -0.3 is 14.7 Å². The van der Waals surface area contributed by atoms with Crippen molar-refractivity contribution in [2.24, 2.45) is 0 Å². The van der Waals surface area contributed by atoms with E-state index in [9.17, 15) is 4.79 Å². The highest BCUT2D eigenvalue weighted by atomic mass is 35.5. The van der Waals surface area contributed by atoms with Crippen molar-refractivity contribution in [3.63, 3.8) is 0 Å². The first-order chi connectivity index (χ1) is 9.24. The van der Waals surface area contributed by atoms with Crippen molar-refractivity contribution in [3.05, 3.63) is 17.5 Å². The summed E-state index contributed by atoms with van der Waals surface area (Å²) in [6, 6.07) is 2.41. The van der Waals surface area contributed by atoms with E-state index < -0.39 is 0 Å². The Kier molecular flexibility index (Phi) is 5.05. The number of likely N-dealkylation sites (tertiary alicyclic amines) is 1. The molecule has 0 aromatic carbocycles. The molecule has 2 fully saturated rings. The van der Waals surface area contributed by atoms with Gasteiger partial charge in [0.05, 0.1) is 11.7 Å². The van der Waals surface area contributed by atoms with Gasteiger partial charge in [-0.1, -0.05) is 5.16 Å². The Morgan fingerprint density at radius 2 is 2.35 bits per heavy atom. The summed E-state index contributed by atoms with van der Waals surface area (Å²) >= 11 is 0. The minimum Gasteiger partial charge on any atom is -0.359 e. The Morgan fingerprint density at radius 3 is 3.00 bits per heavy atom. The summed E-state index contributed by atoms with van der Waals surface area (Å²) in [7, 11) is 0. The lowest BCUT2D eigenvalue weighted by Gasteiger charge is -2.24. The fourth-order valence-corrected chi connectivity index (χ4v) is 3.16. The topological polar surface area (TPSA) is 58.4 Å². The predicted octanol–water partition coefficient (Wildman–Crippen LogP) is 2.21. The van der Waals surface area contributed by atoms with E-state index in [1.54, 1.807) is 0 Å². The zero-order chi connectivity index (χ0) is 13.2. The SMILES string of the molecule is Cc1cc(C2CCCN2C(=O)CC2CCCN2)on1.Cl. The maximum absolute atomic E-state index is 12.4. The summed E-state index contributed by atoms with van der Waals surface area (Å²) in [5.74, 6) is 1.08. The normalized spacial score (nSPS) is 25.8. The first-order valence-corrected chi connectivity index (χ1v) is 7.20. The van der Waals surface area contributed by atoms with E-state index in [0.717, 1.165) is 43.8 Å². The molecule has 0 spiro atoms. The van der Waals surface area contributed by atoms with Crippen LogP contribution in [0.25, 0.3) is 0 Å². The third-order valence-electron chi connectivity index (χ3n) is 4.13. The molecule has 3 heterocycles. The molecule has 5 nitrogen and oxygen atoms in total. The van der Waals surface area contributed by atoms with E-state index in [1.165, 1.54) is 6.42 Å². The molecule has 2 unspecified atom stereocenters. The Morgan fingerprint density at radius 1 is 1.50 bits per heavy atom. The van der Waals surface area contributed by atoms with E-state index in [1.807, 2.05) is 17.9 Å². The predicted molar refractivity (Wildman–Crippen MR) is 77.8 cm³/mol. The molecule has 112 valence electrons. The van der Waals surface area contributed by atoms with Gasteiger partial charge in [-0.15, -0.1) is 12.4 Å². The molecule has 3 rings (SSSR count). The molecule has 6 heteroatoms. The molecule has 0 saturated carbocycles. The molecule has 2 aliphatic rings. The summed E-state index contributed by atoms with van der Waals surface area (Å²) in [6.07, 6.45) is 4.95. The second-order valence-electron chi connectivity index (χ2n) is 5.61. The number of hydrogen-bond acceptors (Lipinski definition) is 4. The second kappa shape index (κ2) is 6.59. The molecule has 0 radical (unpaired) electrons. The van der Waals surface area contributed by atoms with Crippen LogP contribution in [-0.4, -0.2) is 35.1 Å². The molecule has 0 bridgehead atoms. The number of amides is 1. The number of hydrogen-bond donors (Lipinski definition) is 1. The van der Waals surface area contributed by atoms with Crippen LogP contribution in [-0.2, 0) is 4.79 Å². The monoisotopic (exact) mass is 299 g/mol. The van der Waals surface area contributed by atoms with Crippen molar-refractivity contribution in [1.29, 1.82) is 0 Å². The number of nitrogens with one attached hydrogen (secondary N) is 1. The molecule has 2 atom stereocenters. The second-order valence-corrected chi connectivity index (χ2v) is 5.61. The number of halogens is 1. The van der Waals surface area contributed by atoms with Crippen LogP contribution < -0.4 is 5.32 Å². The number of aryl methyl sites for hydroxylation is 1. The summed E-state index contributed by atoms with van der Waals surface area (Å²) in [4.78, 5) is 14.4. The summed E-state index contributed by atoms with van der Waals surface area (Å²) in [5, 5.41) is 7.32. The van der Waals surface area contributed by atoms with Gasteiger partial charge in [-0.3, -0.25) is 4.79 Å². The van der Waals surface area contributed by atoms with Gasteiger partial charge in [0.25, 0.3) is 0 Å². The number of rotatable bonds is 3. The van der Waals surface area contributed by atoms with Crippen molar-refractivity contribution >= 4 is 18.3 Å². The zero-order valence-electron chi connectivity index (χ0n) is 11.8. The lowest BCUT2D eigenvalue weighted by Crippen LogP contribution is -2.35. The van der Waals surface area contributed by atoms with Crippen LogP contribution in [0.2, 0.25) is 0 Å². The van der Waals surface area contributed by atoms with Gasteiger partial charge in [-0.05, 0) is 39.2 Å². The van der Waals surface area contributed by atoms with Crippen LogP contribution in [0.15, 0.2) is 10.6 Å². The minimum atomic E-state index is 0. The molecular weight excluding hydrogens is 278 g/mol. The van der Waals surface area contributed by atoms with Gasteiger partial charge in [0.1, 0.15) is 0 Å². The quantitative estimate of drug-likeness (QED) is 0.930. The van der Waals surface area contributed by atoms with E-state index >= 15 is 0 Å². The number of nitrogens with zero attached hydrogens (tertiary/aromatic N) is 2. The standard InChI is InChI=1S/C14H21N3O2.ClH/c1-10-8-13(19-16-10)12-5-3-7-17(12)14(18)9-11-4-2-6-15-11;/h8,11-12,15H,2-7,9H2,1H3;1H. The van der Waals surface area contributed by atoms with Gasteiger partial charge in [0.15, 0.2) is 5.76 Å². The number of aromatic nitrogens is 1. The Labute approximate surface area is 125 Å². The summed E-state index contributed by atoms with van der Waals surface area (Å²) in [6.45, 7) is 3.80. The van der Waals surface area contributed by atoms with Crippen LogP contribution in [0.4, 0.5) is 0 Å². The van der Waals surface area contributed by atoms with Crippen molar-refractivity contribution in [1.82, 2.24) is 15.4 Å². The number of carbonyl (C=O) groups is 1. The van der Waals surface area contributed by atoms with E-state index in [2.05, 4.69) is 10.5 Å². The smallest absolute Gasteiger partial charge is 0.224 e. The highest BCUT2D eigenvalue weighted by Gasteiger charge is 2.33. The summed E-state index contributed by atoms with van der Waals surface area (Å²) in [5.41, 5.74) is 0.881. The van der Waals surface area contributed by atoms with Crippen LogP contribution in [0.1, 0.15) is 49.6 Å². The first-order valence-electron chi connectivity index (χ1n) is 7.20. The Hall–Kier alpha value is -1.07. The Bertz CT molecular complexity index is 457. The van der Waals surface area contributed by atoms with Crippen molar-refractivity contribution in [3.8, 4) is 0 Å². The van der Waals surface area contributed by atoms with Gasteiger partial charge in [0, 0.05) is 25.1 Å². The average molecular weight is 300 g/mol. The third kappa shape index (κ3) is 3.15. The van der Waals surface area contributed by atoms with Gasteiger partial charge >= 0.3 is 0 Å². The fourth-order valence-electron chi connectivity index (χ4n) is 3.16. The zero-order valence-corrected chi connectivity index (χ0v) is 12.6. The van der Waals surface area contributed by atoms with Gasteiger partial charge in [0.2, 0.25) is 5.91 Å². The molecule has 2 aliphatic heterocycles. The first kappa shape index (κ1) is 15.3. The fraction of sp³-hybridized carbons (Fsp3) is 0.714. The third-order valence-corrected chi connectivity index (χ3v) is 4.13. The van der Waals surface area contributed by atoms with Crippen LogP contribution in [0.3, 0.4) is 0 Å². The molecule has 1 aromatic rings. The van der Waals surface area contributed by atoms with E-state index in [4.69, 9.17) is 4.52 Å². The average Bonchev–Trinajstić information content (AvgIpc) is 3.07. The van der Waals surface area contributed by atoms with Crippen molar-refractivity contribution in [2.45, 2.75) is 51.1 Å². The molecule has 1 N–H and O–H groups in total. The van der Waals surface area contributed by atoms with Crippen LogP contribution >= 0.6 is 12.4 Å². The molecule has 0 aliphatic carbocycles. The highest BCUT2D eigenvalue weighted by Crippen LogP contribution is 2.33. The molecule has 1 aromatic heterocycles. The lowest BCUT2D eigenvalue weighted by atomic mass is 10.1. The van der Waals surface area contributed by atoms with Crippen LogP contribution in [0, 0.1) is 6.92 Å². The Balaban J connectivity index is 0.00000147. The maximum atomic E-state index is 12.4. The minimum absolute atomic E-state index is 0. The van der Waals surface area contributed by atoms with Crippen LogP contribution in [0.5, 0.6) is 0 Å².